The van der Waals surface area contributed by atoms with E-state index >= 15 is 0 Å². The van der Waals surface area contributed by atoms with E-state index in [4.69, 9.17) is 9.47 Å². The van der Waals surface area contributed by atoms with E-state index in [9.17, 15) is 4.79 Å². The average Bonchev–Trinajstić information content (AvgIpc) is 2.74. The highest BCUT2D eigenvalue weighted by Crippen LogP contribution is 2.38. The molecule has 1 saturated carbocycles. The van der Waals surface area contributed by atoms with Gasteiger partial charge in [-0.25, -0.2) is 0 Å². The van der Waals surface area contributed by atoms with Gasteiger partial charge in [0.05, 0.1) is 17.6 Å². The zero-order valence-corrected chi connectivity index (χ0v) is 18.7. The van der Waals surface area contributed by atoms with Crippen LogP contribution in [0.15, 0.2) is 42.0 Å². The Morgan fingerprint density at radius 1 is 1.07 bits per heavy atom. The van der Waals surface area contributed by atoms with E-state index in [1.54, 1.807) is 0 Å². The molecule has 0 bridgehead atoms. The fraction of sp³-hybridized carbons (Fsp3) is 0.519. The van der Waals surface area contributed by atoms with Crippen molar-refractivity contribution in [2.24, 2.45) is 5.92 Å². The molecule has 30 heavy (non-hydrogen) atoms. The average molecular weight is 407 g/mol. The Morgan fingerprint density at radius 2 is 1.73 bits per heavy atom. The van der Waals surface area contributed by atoms with Crippen LogP contribution in [0.4, 0.5) is 0 Å². The van der Waals surface area contributed by atoms with E-state index in [1.165, 1.54) is 27.5 Å². The molecule has 3 heteroatoms. The van der Waals surface area contributed by atoms with Gasteiger partial charge in [-0.15, -0.1) is 0 Å². The highest BCUT2D eigenvalue weighted by molar-refractivity contribution is 5.95. The van der Waals surface area contributed by atoms with Crippen LogP contribution in [0.3, 0.4) is 0 Å². The SMILES string of the molecule is CCC(C)C(=O)OC1CCC(OC(C)(C)C2=Cc3cccc4cccc(c34)C2)CC1. The molecular weight excluding hydrogens is 372 g/mol. The minimum Gasteiger partial charge on any atom is -0.462 e. The molecule has 0 amide bonds. The number of carbonyl (C=O) groups is 1. The van der Waals surface area contributed by atoms with Gasteiger partial charge in [-0.05, 0) is 79.8 Å². The standard InChI is InChI=1S/C27H34O3/c1-5-18(2)26(28)29-23-12-14-24(15-13-23)30-27(3,4)22-16-20-10-6-8-19-9-7-11-21(17-22)25(19)20/h6-11,16,18,23-24H,5,12-15,17H2,1-4H3. The largest absolute Gasteiger partial charge is 0.462 e. The number of benzene rings is 2. The molecule has 2 aliphatic carbocycles. The van der Waals surface area contributed by atoms with Crippen molar-refractivity contribution >= 4 is 22.8 Å². The molecule has 2 aliphatic rings. The molecule has 0 spiro atoms. The first kappa shape index (κ1) is 21.1. The van der Waals surface area contributed by atoms with Crippen LogP contribution in [0, 0.1) is 5.92 Å². The Bertz CT molecular complexity index is 942. The lowest BCUT2D eigenvalue weighted by atomic mass is 9.82. The highest BCUT2D eigenvalue weighted by atomic mass is 16.5. The Kier molecular flexibility index (Phi) is 6.02. The molecule has 0 aliphatic heterocycles. The third-order valence-electron chi connectivity index (χ3n) is 6.89. The van der Waals surface area contributed by atoms with Gasteiger partial charge in [-0.2, -0.15) is 0 Å². The number of carbonyl (C=O) groups excluding carboxylic acids is 1. The summed E-state index contributed by atoms with van der Waals surface area (Å²) in [6.45, 7) is 8.36. The van der Waals surface area contributed by atoms with Crippen LogP contribution >= 0.6 is 0 Å². The summed E-state index contributed by atoms with van der Waals surface area (Å²) >= 11 is 0. The van der Waals surface area contributed by atoms with Gasteiger partial charge in [0, 0.05) is 0 Å². The Morgan fingerprint density at radius 3 is 2.43 bits per heavy atom. The topological polar surface area (TPSA) is 35.5 Å². The van der Waals surface area contributed by atoms with E-state index in [2.05, 4.69) is 56.3 Å². The summed E-state index contributed by atoms with van der Waals surface area (Å²) in [6, 6.07) is 13.1. The fourth-order valence-corrected chi connectivity index (χ4v) is 4.76. The Balaban J connectivity index is 1.40. The molecule has 0 aromatic heterocycles. The predicted octanol–water partition coefficient (Wildman–Crippen LogP) is 6.48. The van der Waals surface area contributed by atoms with Crippen LogP contribution in [-0.2, 0) is 20.7 Å². The second-order valence-corrected chi connectivity index (χ2v) is 9.48. The van der Waals surface area contributed by atoms with E-state index in [-0.39, 0.29) is 29.7 Å². The molecule has 3 nitrogen and oxygen atoms in total. The molecule has 160 valence electrons. The molecular formula is C27H34O3. The number of hydrogen-bond acceptors (Lipinski definition) is 3. The monoisotopic (exact) mass is 406 g/mol. The molecule has 1 fully saturated rings. The molecule has 0 heterocycles. The van der Waals surface area contributed by atoms with Crippen molar-refractivity contribution in [3.05, 3.63) is 53.1 Å². The molecule has 0 N–H and O–H groups in total. The van der Waals surface area contributed by atoms with Crippen LogP contribution < -0.4 is 0 Å². The van der Waals surface area contributed by atoms with Gasteiger partial charge >= 0.3 is 5.97 Å². The quantitative estimate of drug-likeness (QED) is 0.515. The van der Waals surface area contributed by atoms with Crippen LogP contribution in [0.25, 0.3) is 16.8 Å². The second kappa shape index (κ2) is 8.55. The fourth-order valence-electron chi connectivity index (χ4n) is 4.76. The van der Waals surface area contributed by atoms with Crippen molar-refractivity contribution in [1.29, 1.82) is 0 Å². The van der Waals surface area contributed by atoms with Gasteiger partial charge in [-0.1, -0.05) is 56.3 Å². The van der Waals surface area contributed by atoms with Crippen molar-refractivity contribution in [2.45, 2.75) is 84.0 Å². The molecule has 0 radical (unpaired) electrons. The van der Waals surface area contributed by atoms with Gasteiger partial charge in [0.2, 0.25) is 0 Å². The normalized spacial score (nSPS) is 22.5. The number of hydrogen-bond donors (Lipinski definition) is 0. The molecule has 0 saturated heterocycles. The minimum atomic E-state index is -0.319. The van der Waals surface area contributed by atoms with E-state index < -0.39 is 0 Å². The van der Waals surface area contributed by atoms with Gasteiger partial charge < -0.3 is 9.47 Å². The smallest absolute Gasteiger partial charge is 0.308 e. The van der Waals surface area contributed by atoms with Gasteiger partial charge in [0.1, 0.15) is 6.10 Å². The van der Waals surface area contributed by atoms with Crippen LogP contribution in [0.5, 0.6) is 0 Å². The summed E-state index contributed by atoms with van der Waals surface area (Å²) < 4.78 is 12.3. The first-order valence-corrected chi connectivity index (χ1v) is 11.5. The first-order chi connectivity index (χ1) is 14.4. The number of rotatable bonds is 6. The summed E-state index contributed by atoms with van der Waals surface area (Å²) in [6.07, 6.45) is 8.03. The maximum absolute atomic E-state index is 12.1. The van der Waals surface area contributed by atoms with E-state index in [0.29, 0.717) is 0 Å². The van der Waals surface area contributed by atoms with Crippen molar-refractivity contribution in [3.63, 3.8) is 0 Å². The number of esters is 1. The zero-order valence-electron chi connectivity index (χ0n) is 18.7. The summed E-state index contributed by atoms with van der Waals surface area (Å²) in [4.78, 5) is 12.1. The molecule has 1 unspecified atom stereocenters. The Labute approximate surface area is 180 Å². The van der Waals surface area contributed by atoms with Crippen LogP contribution in [0.1, 0.15) is 70.9 Å². The zero-order chi connectivity index (χ0) is 21.3. The molecule has 4 rings (SSSR count). The van der Waals surface area contributed by atoms with Gasteiger partial charge in [0.25, 0.3) is 0 Å². The summed E-state index contributed by atoms with van der Waals surface area (Å²) in [5.74, 6) is -0.0640. The molecule has 1 atom stereocenters. The molecule has 2 aromatic rings. The van der Waals surface area contributed by atoms with Crippen molar-refractivity contribution in [2.75, 3.05) is 0 Å². The summed E-state index contributed by atoms with van der Waals surface area (Å²) in [5.41, 5.74) is 3.69. The summed E-state index contributed by atoms with van der Waals surface area (Å²) in [5, 5.41) is 2.69. The lowest BCUT2D eigenvalue weighted by Crippen LogP contribution is -2.37. The van der Waals surface area contributed by atoms with Crippen molar-refractivity contribution in [1.82, 2.24) is 0 Å². The van der Waals surface area contributed by atoms with Crippen molar-refractivity contribution in [3.8, 4) is 0 Å². The predicted molar refractivity (Wildman–Crippen MR) is 122 cm³/mol. The lowest BCUT2D eigenvalue weighted by molar-refractivity contribution is -0.158. The van der Waals surface area contributed by atoms with Gasteiger partial charge in [0.15, 0.2) is 0 Å². The third kappa shape index (κ3) is 4.32. The van der Waals surface area contributed by atoms with Crippen molar-refractivity contribution < 1.29 is 14.3 Å². The van der Waals surface area contributed by atoms with Gasteiger partial charge in [-0.3, -0.25) is 4.79 Å². The Hall–Kier alpha value is -2.13. The first-order valence-electron chi connectivity index (χ1n) is 11.5. The maximum Gasteiger partial charge on any atom is 0.308 e. The lowest BCUT2D eigenvalue weighted by Gasteiger charge is -2.37. The summed E-state index contributed by atoms with van der Waals surface area (Å²) in [7, 11) is 0. The van der Waals surface area contributed by atoms with Crippen LogP contribution in [-0.4, -0.2) is 23.8 Å². The second-order valence-electron chi connectivity index (χ2n) is 9.48. The number of ether oxygens (including phenoxy) is 2. The van der Waals surface area contributed by atoms with E-state index in [1.807, 2.05) is 13.8 Å². The highest BCUT2D eigenvalue weighted by Gasteiger charge is 2.33. The third-order valence-corrected chi connectivity index (χ3v) is 6.89. The van der Waals surface area contributed by atoms with Crippen LogP contribution in [0.2, 0.25) is 0 Å². The minimum absolute atomic E-state index is 0.0107. The maximum atomic E-state index is 12.1. The molecule has 2 aromatic carbocycles. The van der Waals surface area contributed by atoms with E-state index in [0.717, 1.165) is 38.5 Å².